The fourth-order valence-electron chi connectivity index (χ4n) is 4.20. The Morgan fingerprint density at radius 3 is 2.81 bits per heavy atom. The Bertz CT molecular complexity index is 1250. The average Bonchev–Trinajstić information content (AvgIpc) is 2.73. The first kappa shape index (κ1) is 20.9. The van der Waals surface area contributed by atoms with Gasteiger partial charge < -0.3 is 19.7 Å². The molecule has 0 bridgehead atoms. The van der Waals surface area contributed by atoms with Crippen LogP contribution in [0, 0.1) is 12.7 Å². The van der Waals surface area contributed by atoms with E-state index < -0.39 is 17.2 Å². The van der Waals surface area contributed by atoms with Crippen molar-refractivity contribution in [3.8, 4) is 5.75 Å². The minimum Gasteiger partial charge on any atom is -0.487 e. The van der Waals surface area contributed by atoms with Gasteiger partial charge in [-0.1, -0.05) is 30.7 Å². The molecule has 6 nitrogen and oxygen atoms in total. The van der Waals surface area contributed by atoms with Crippen LogP contribution >= 0.6 is 0 Å². The number of carboxylic acids is 1. The number of halogens is 1. The van der Waals surface area contributed by atoms with Crippen molar-refractivity contribution in [2.45, 2.75) is 39.7 Å². The van der Waals surface area contributed by atoms with E-state index in [1.54, 1.807) is 4.57 Å². The Hall–Kier alpha value is -3.35. The van der Waals surface area contributed by atoms with Crippen LogP contribution in [-0.4, -0.2) is 28.8 Å². The van der Waals surface area contributed by atoms with E-state index in [0.29, 0.717) is 18.5 Å². The van der Waals surface area contributed by atoms with E-state index in [1.165, 1.54) is 22.9 Å². The highest BCUT2D eigenvalue weighted by atomic mass is 19.1. The summed E-state index contributed by atoms with van der Waals surface area (Å²) < 4.78 is 22.6. The molecule has 162 valence electrons. The van der Waals surface area contributed by atoms with Crippen molar-refractivity contribution in [2.75, 3.05) is 18.5 Å². The van der Waals surface area contributed by atoms with Crippen LogP contribution in [0.25, 0.3) is 10.9 Å². The van der Waals surface area contributed by atoms with Crippen molar-refractivity contribution in [2.24, 2.45) is 0 Å². The van der Waals surface area contributed by atoms with Gasteiger partial charge in [-0.25, -0.2) is 9.18 Å². The number of pyridine rings is 1. The predicted molar refractivity (Wildman–Crippen MR) is 118 cm³/mol. The molecule has 0 saturated carbocycles. The zero-order valence-electron chi connectivity index (χ0n) is 17.8. The second-order valence-electron chi connectivity index (χ2n) is 8.01. The number of benzene rings is 2. The van der Waals surface area contributed by atoms with Gasteiger partial charge in [0.25, 0.3) is 0 Å². The normalized spacial score (nSPS) is 15.0. The zero-order valence-corrected chi connectivity index (χ0v) is 17.8. The molecule has 31 heavy (non-hydrogen) atoms. The highest BCUT2D eigenvalue weighted by Crippen LogP contribution is 2.39. The van der Waals surface area contributed by atoms with E-state index in [1.807, 2.05) is 13.8 Å². The third-order valence-corrected chi connectivity index (χ3v) is 5.84. The number of aryl methyl sites for hydroxylation is 2. The lowest BCUT2D eigenvalue weighted by atomic mass is 10.00. The first-order chi connectivity index (χ1) is 14.8. The molecule has 1 unspecified atom stereocenters. The molecule has 3 aromatic rings. The standard InChI is InChI=1S/C24H25FN2O4/c1-4-15-6-5-13(2)9-16(15)7-8-26-20-19(25)10-17-21-23(20)31-12-14(3)27(21)11-18(22(17)28)24(29)30/h5-6,9-11,14,26H,4,7-8,12H2,1-3H3,(H,29,30). The Labute approximate surface area is 179 Å². The number of carboxylic acid groups (broad SMARTS) is 1. The Morgan fingerprint density at radius 2 is 2.10 bits per heavy atom. The van der Waals surface area contributed by atoms with E-state index in [2.05, 4.69) is 30.4 Å². The first-order valence-corrected chi connectivity index (χ1v) is 10.4. The Kier molecular flexibility index (Phi) is 5.43. The third kappa shape index (κ3) is 3.65. The van der Waals surface area contributed by atoms with E-state index in [9.17, 15) is 14.7 Å². The molecule has 1 aliphatic heterocycles. The summed E-state index contributed by atoms with van der Waals surface area (Å²) in [5.41, 5.74) is 3.17. The van der Waals surface area contributed by atoms with E-state index in [0.717, 1.165) is 12.5 Å². The van der Waals surface area contributed by atoms with Gasteiger partial charge in [-0.2, -0.15) is 0 Å². The lowest BCUT2D eigenvalue weighted by molar-refractivity contribution is 0.0694. The van der Waals surface area contributed by atoms with Crippen LogP contribution < -0.4 is 15.5 Å². The van der Waals surface area contributed by atoms with Crippen LogP contribution in [0.3, 0.4) is 0 Å². The number of nitrogens with one attached hydrogen (secondary N) is 1. The third-order valence-electron chi connectivity index (χ3n) is 5.84. The molecule has 4 rings (SSSR count). The summed E-state index contributed by atoms with van der Waals surface area (Å²) in [6, 6.07) is 7.27. The van der Waals surface area contributed by atoms with Gasteiger partial charge >= 0.3 is 5.97 Å². The summed E-state index contributed by atoms with van der Waals surface area (Å²) in [6.07, 6.45) is 2.96. The van der Waals surface area contributed by atoms with Crippen molar-refractivity contribution >= 4 is 22.6 Å². The molecule has 1 aliphatic rings. The van der Waals surface area contributed by atoms with Crippen LogP contribution in [0.1, 0.15) is 46.9 Å². The molecule has 1 aromatic heterocycles. The molecule has 2 N–H and O–H groups in total. The summed E-state index contributed by atoms with van der Waals surface area (Å²) in [6.45, 7) is 6.75. The van der Waals surface area contributed by atoms with Gasteiger partial charge in [0.15, 0.2) is 11.6 Å². The number of rotatable bonds is 6. The summed E-state index contributed by atoms with van der Waals surface area (Å²) in [5.74, 6) is -1.71. The van der Waals surface area contributed by atoms with Gasteiger partial charge in [0.1, 0.15) is 17.9 Å². The van der Waals surface area contributed by atoms with Gasteiger partial charge in [-0.05, 0) is 43.9 Å². The lowest BCUT2D eigenvalue weighted by Crippen LogP contribution is -2.27. The summed E-state index contributed by atoms with van der Waals surface area (Å²) >= 11 is 0. The number of anilines is 1. The molecule has 0 saturated heterocycles. The maximum atomic E-state index is 15.0. The molecule has 2 heterocycles. The molecule has 0 fully saturated rings. The topological polar surface area (TPSA) is 80.6 Å². The fraction of sp³-hybridized carbons (Fsp3) is 0.333. The van der Waals surface area contributed by atoms with Crippen LogP contribution in [0.15, 0.2) is 35.3 Å². The van der Waals surface area contributed by atoms with Crippen molar-refractivity contribution in [3.63, 3.8) is 0 Å². The fourth-order valence-corrected chi connectivity index (χ4v) is 4.20. The maximum Gasteiger partial charge on any atom is 0.341 e. The number of hydrogen-bond donors (Lipinski definition) is 2. The highest BCUT2D eigenvalue weighted by molar-refractivity contribution is 5.97. The van der Waals surface area contributed by atoms with Crippen molar-refractivity contribution < 1.29 is 19.0 Å². The van der Waals surface area contributed by atoms with Crippen LogP contribution in [0.2, 0.25) is 0 Å². The van der Waals surface area contributed by atoms with Crippen molar-refractivity contribution in [1.82, 2.24) is 4.57 Å². The minimum atomic E-state index is -1.33. The van der Waals surface area contributed by atoms with Gasteiger partial charge in [0.05, 0.1) is 16.9 Å². The van der Waals surface area contributed by atoms with Crippen molar-refractivity contribution in [3.05, 3.63) is 68.8 Å². The number of hydrogen-bond acceptors (Lipinski definition) is 4. The quantitative estimate of drug-likeness (QED) is 0.616. The molecule has 0 amide bonds. The van der Waals surface area contributed by atoms with Gasteiger partial charge in [0.2, 0.25) is 5.43 Å². The second kappa shape index (κ2) is 8.06. The number of ether oxygens (including phenoxy) is 1. The van der Waals surface area contributed by atoms with Gasteiger partial charge in [0, 0.05) is 12.7 Å². The molecule has 1 atom stereocenters. The Morgan fingerprint density at radius 1 is 1.32 bits per heavy atom. The molecule has 0 aliphatic carbocycles. The smallest absolute Gasteiger partial charge is 0.341 e. The maximum absolute atomic E-state index is 15.0. The summed E-state index contributed by atoms with van der Waals surface area (Å²) in [7, 11) is 0. The molecule has 0 radical (unpaired) electrons. The van der Waals surface area contributed by atoms with E-state index in [-0.39, 0.29) is 35.0 Å². The van der Waals surface area contributed by atoms with Crippen LogP contribution in [0.5, 0.6) is 5.75 Å². The number of nitrogens with zero attached hydrogens (tertiary/aromatic N) is 1. The SMILES string of the molecule is CCc1ccc(C)cc1CCNc1c(F)cc2c(=O)c(C(=O)O)cn3c2c1OCC3C. The summed E-state index contributed by atoms with van der Waals surface area (Å²) in [5, 5.41) is 12.5. The number of carbonyl (C=O) groups is 1. The van der Waals surface area contributed by atoms with Crippen molar-refractivity contribution in [1.29, 1.82) is 0 Å². The minimum absolute atomic E-state index is 0.0106. The Balaban J connectivity index is 1.74. The van der Waals surface area contributed by atoms with E-state index in [4.69, 9.17) is 4.74 Å². The lowest BCUT2D eigenvalue weighted by Gasteiger charge is -2.28. The van der Waals surface area contributed by atoms with E-state index >= 15 is 4.39 Å². The second-order valence-corrected chi connectivity index (χ2v) is 8.01. The van der Waals surface area contributed by atoms with Crippen LogP contribution in [-0.2, 0) is 12.8 Å². The average molecular weight is 424 g/mol. The molecule has 0 spiro atoms. The molecular weight excluding hydrogens is 399 g/mol. The summed E-state index contributed by atoms with van der Waals surface area (Å²) in [4.78, 5) is 24.1. The zero-order chi connectivity index (χ0) is 22.3. The van der Waals surface area contributed by atoms with Gasteiger partial charge in [-0.15, -0.1) is 0 Å². The van der Waals surface area contributed by atoms with Crippen LogP contribution in [0.4, 0.5) is 10.1 Å². The highest BCUT2D eigenvalue weighted by Gasteiger charge is 2.27. The number of aromatic carboxylic acids is 1. The predicted octanol–water partition coefficient (Wildman–Crippen LogP) is 4.32. The monoisotopic (exact) mass is 424 g/mol. The first-order valence-electron chi connectivity index (χ1n) is 10.4. The molecule has 7 heteroatoms. The largest absolute Gasteiger partial charge is 0.487 e. The van der Waals surface area contributed by atoms with Gasteiger partial charge in [-0.3, -0.25) is 4.79 Å². The number of aromatic nitrogens is 1. The molecular formula is C24H25FN2O4. The molecule has 2 aromatic carbocycles.